The van der Waals surface area contributed by atoms with Crippen LogP contribution < -0.4 is 0 Å². The highest BCUT2D eigenvalue weighted by Crippen LogP contribution is 2.19. The number of aliphatic hydroxyl groups excluding tert-OH is 1. The second-order valence-corrected chi connectivity index (χ2v) is 7.54. The molecule has 23 heavy (non-hydrogen) atoms. The molecule has 0 amide bonds. The van der Waals surface area contributed by atoms with Gasteiger partial charge in [-0.25, -0.2) is 0 Å². The molecule has 0 bridgehead atoms. The molecule has 0 fully saturated rings. The van der Waals surface area contributed by atoms with Crippen molar-refractivity contribution in [2.45, 2.75) is 116 Å². The highest BCUT2D eigenvalue weighted by atomic mass is 16.4. The summed E-state index contributed by atoms with van der Waals surface area (Å²) in [5.41, 5.74) is -1.11. The quantitative estimate of drug-likeness (QED) is 0.306. The first kappa shape index (κ1) is 22.9. The molecule has 0 aromatic rings. The van der Waals surface area contributed by atoms with Gasteiger partial charge in [0.15, 0.2) is 0 Å². The van der Waals surface area contributed by atoms with Crippen LogP contribution >= 0.6 is 0 Å². The van der Waals surface area contributed by atoms with Crippen molar-refractivity contribution in [3.05, 3.63) is 0 Å². The Morgan fingerprint density at radius 2 is 1.09 bits per heavy atom. The van der Waals surface area contributed by atoms with Crippen LogP contribution in [0.2, 0.25) is 0 Å². The molecule has 0 spiro atoms. The zero-order valence-electron chi connectivity index (χ0n) is 16.3. The minimum absolute atomic E-state index is 0.662. The van der Waals surface area contributed by atoms with Crippen molar-refractivity contribution in [1.29, 1.82) is 0 Å². The second-order valence-electron chi connectivity index (χ2n) is 7.54. The Labute approximate surface area is 145 Å². The van der Waals surface area contributed by atoms with Crippen molar-refractivity contribution < 1.29 is 10.2 Å². The van der Waals surface area contributed by atoms with Crippen molar-refractivity contribution in [3.63, 3.8) is 0 Å². The summed E-state index contributed by atoms with van der Waals surface area (Å²) >= 11 is 0. The smallest absolute Gasteiger partial charge is 0.141 e. The molecule has 0 radical (unpaired) electrons. The van der Waals surface area contributed by atoms with Gasteiger partial charge in [-0.05, 0) is 27.4 Å². The van der Waals surface area contributed by atoms with E-state index in [1.807, 2.05) is 0 Å². The standard InChI is InChI=1S/C20H43NO2/c1-5-6-7-8-9-10-11-12-13-14-15-16-17-18-19(22)20(2,23)21(3)4/h19,22-23H,5-18H2,1-4H3. The van der Waals surface area contributed by atoms with E-state index in [1.54, 1.807) is 25.9 Å². The molecule has 0 aliphatic carbocycles. The van der Waals surface area contributed by atoms with Crippen LogP contribution in [0.25, 0.3) is 0 Å². The number of rotatable bonds is 16. The van der Waals surface area contributed by atoms with E-state index in [1.165, 1.54) is 70.6 Å². The van der Waals surface area contributed by atoms with Gasteiger partial charge in [-0.2, -0.15) is 0 Å². The summed E-state index contributed by atoms with van der Waals surface area (Å²) < 4.78 is 0. The maximum absolute atomic E-state index is 10.1. The molecule has 2 atom stereocenters. The minimum Gasteiger partial charge on any atom is -0.389 e. The number of aliphatic hydroxyl groups is 2. The molecule has 0 heterocycles. The molecule has 140 valence electrons. The maximum atomic E-state index is 10.1. The van der Waals surface area contributed by atoms with Gasteiger partial charge < -0.3 is 10.2 Å². The Balaban J connectivity index is 3.31. The van der Waals surface area contributed by atoms with E-state index < -0.39 is 11.8 Å². The van der Waals surface area contributed by atoms with Crippen LogP contribution in [-0.2, 0) is 0 Å². The zero-order valence-corrected chi connectivity index (χ0v) is 16.3. The van der Waals surface area contributed by atoms with Crippen LogP contribution in [0.1, 0.15) is 104 Å². The lowest BCUT2D eigenvalue weighted by atomic mass is 10.00. The summed E-state index contributed by atoms with van der Waals surface area (Å²) in [4.78, 5) is 1.68. The first-order valence-corrected chi connectivity index (χ1v) is 10.0. The van der Waals surface area contributed by atoms with Gasteiger partial charge in [0.05, 0.1) is 6.10 Å². The van der Waals surface area contributed by atoms with Gasteiger partial charge in [-0.15, -0.1) is 0 Å². The fraction of sp³-hybridized carbons (Fsp3) is 1.00. The second kappa shape index (κ2) is 14.2. The lowest BCUT2D eigenvalue weighted by molar-refractivity contribution is -0.151. The van der Waals surface area contributed by atoms with Gasteiger partial charge in [-0.1, -0.05) is 90.4 Å². The summed E-state index contributed by atoms with van der Waals surface area (Å²) in [6, 6.07) is 0. The molecule has 2 N–H and O–H groups in total. The van der Waals surface area contributed by atoms with Gasteiger partial charge in [0.2, 0.25) is 0 Å². The number of hydrogen-bond acceptors (Lipinski definition) is 3. The monoisotopic (exact) mass is 329 g/mol. The van der Waals surface area contributed by atoms with Gasteiger partial charge in [0.1, 0.15) is 5.72 Å². The summed E-state index contributed by atoms with van der Waals surface area (Å²) in [7, 11) is 3.60. The van der Waals surface area contributed by atoms with Crippen molar-refractivity contribution in [2.24, 2.45) is 0 Å². The van der Waals surface area contributed by atoms with E-state index in [0.717, 1.165) is 12.8 Å². The number of likely N-dealkylation sites (N-methyl/N-ethyl adjacent to an activating group) is 1. The molecule has 0 aromatic carbocycles. The van der Waals surface area contributed by atoms with E-state index in [9.17, 15) is 10.2 Å². The van der Waals surface area contributed by atoms with Crippen LogP contribution in [0, 0.1) is 0 Å². The van der Waals surface area contributed by atoms with Gasteiger partial charge in [-0.3, -0.25) is 4.90 Å². The van der Waals surface area contributed by atoms with E-state index in [4.69, 9.17) is 0 Å². The lowest BCUT2D eigenvalue weighted by Crippen LogP contribution is -2.51. The summed E-state index contributed by atoms with van der Waals surface area (Å²) in [5, 5.41) is 20.2. The van der Waals surface area contributed by atoms with Crippen LogP contribution in [0.4, 0.5) is 0 Å². The molecule has 0 aliphatic rings. The summed E-state index contributed by atoms with van der Waals surface area (Å²) in [6.45, 7) is 3.95. The third-order valence-electron chi connectivity index (χ3n) is 5.12. The molecule has 0 aliphatic heterocycles. The van der Waals surface area contributed by atoms with Gasteiger partial charge in [0.25, 0.3) is 0 Å². The Hall–Kier alpha value is -0.120. The van der Waals surface area contributed by atoms with Crippen molar-refractivity contribution >= 4 is 0 Å². The van der Waals surface area contributed by atoms with Crippen LogP contribution in [-0.4, -0.2) is 41.0 Å². The topological polar surface area (TPSA) is 43.7 Å². The number of nitrogens with zero attached hydrogens (tertiary/aromatic N) is 1. The molecule has 0 rings (SSSR count). The van der Waals surface area contributed by atoms with Crippen LogP contribution in [0.5, 0.6) is 0 Å². The van der Waals surface area contributed by atoms with Gasteiger partial charge in [0, 0.05) is 0 Å². The Kier molecular flexibility index (Phi) is 14.2. The highest BCUT2D eigenvalue weighted by molar-refractivity contribution is 4.78. The Morgan fingerprint density at radius 3 is 1.43 bits per heavy atom. The molecule has 3 heteroatoms. The SMILES string of the molecule is CCCCCCCCCCCCCCCC(O)C(C)(O)N(C)C. The molecule has 0 saturated heterocycles. The van der Waals surface area contributed by atoms with Crippen molar-refractivity contribution in [3.8, 4) is 0 Å². The maximum Gasteiger partial charge on any atom is 0.141 e. The van der Waals surface area contributed by atoms with E-state index >= 15 is 0 Å². The minimum atomic E-state index is -1.11. The summed E-state index contributed by atoms with van der Waals surface area (Å²) in [6.07, 6.45) is 17.3. The third kappa shape index (κ3) is 12.0. The van der Waals surface area contributed by atoms with E-state index in [2.05, 4.69) is 6.92 Å². The molecule has 0 saturated carbocycles. The lowest BCUT2D eigenvalue weighted by Gasteiger charge is -2.35. The first-order chi connectivity index (χ1) is 10.9. The normalized spacial score (nSPS) is 15.8. The fourth-order valence-electron chi connectivity index (χ4n) is 2.93. The van der Waals surface area contributed by atoms with E-state index in [-0.39, 0.29) is 0 Å². The Morgan fingerprint density at radius 1 is 0.739 bits per heavy atom. The van der Waals surface area contributed by atoms with Gasteiger partial charge >= 0.3 is 0 Å². The average Bonchev–Trinajstić information content (AvgIpc) is 2.51. The fourth-order valence-corrected chi connectivity index (χ4v) is 2.93. The summed E-state index contributed by atoms with van der Waals surface area (Å²) in [5.74, 6) is 0. The third-order valence-corrected chi connectivity index (χ3v) is 5.12. The van der Waals surface area contributed by atoms with E-state index in [0.29, 0.717) is 6.42 Å². The largest absolute Gasteiger partial charge is 0.389 e. The predicted octanol–water partition coefficient (Wildman–Crippen LogP) is 5.10. The number of hydrogen-bond donors (Lipinski definition) is 2. The van der Waals surface area contributed by atoms with Crippen molar-refractivity contribution in [1.82, 2.24) is 4.90 Å². The molecular formula is C20H43NO2. The Bertz CT molecular complexity index is 254. The van der Waals surface area contributed by atoms with Crippen LogP contribution in [0.15, 0.2) is 0 Å². The van der Waals surface area contributed by atoms with Crippen LogP contribution in [0.3, 0.4) is 0 Å². The predicted molar refractivity (Wildman–Crippen MR) is 101 cm³/mol. The molecule has 3 nitrogen and oxygen atoms in total. The first-order valence-electron chi connectivity index (χ1n) is 10.0. The average molecular weight is 330 g/mol. The molecule has 0 aromatic heterocycles. The molecular weight excluding hydrogens is 286 g/mol. The zero-order chi connectivity index (χ0) is 17.6. The number of unbranched alkanes of at least 4 members (excludes halogenated alkanes) is 12. The van der Waals surface area contributed by atoms with Crippen molar-refractivity contribution in [2.75, 3.05) is 14.1 Å². The highest BCUT2D eigenvalue weighted by Gasteiger charge is 2.31. The molecule has 2 unspecified atom stereocenters.